The van der Waals surface area contributed by atoms with Crippen LogP contribution in [-0.4, -0.2) is 40.9 Å². The second-order valence-electron chi connectivity index (χ2n) is 15.6. The molecule has 10 aromatic rings. The molecular formula is C53H41GeN3S. The molecule has 0 spiro atoms. The van der Waals surface area contributed by atoms with Crippen molar-refractivity contribution in [3.05, 3.63) is 217 Å². The van der Waals surface area contributed by atoms with Crippen molar-refractivity contribution in [2.75, 3.05) is 12.4 Å². The van der Waals surface area contributed by atoms with Crippen LogP contribution in [-0.2, 0) is 6.42 Å². The Morgan fingerprint density at radius 1 is 0.552 bits per heavy atom. The normalized spacial score (nSPS) is 15.9. The van der Waals surface area contributed by atoms with Crippen LogP contribution in [0.15, 0.2) is 205 Å². The fourth-order valence-corrected chi connectivity index (χ4v) is 21.5. The van der Waals surface area contributed by atoms with E-state index >= 15 is 0 Å². The first kappa shape index (κ1) is 35.1. The Kier molecular flexibility index (Phi) is 8.73. The van der Waals surface area contributed by atoms with Gasteiger partial charge in [0.1, 0.15) is 0 Å². The van der Waals surface area contributed by atoms with Gasteiger partial charge >= 0.3 is 301 Å². The number of para-hydroxylation sites is 1. The zero-order valence-corrected chi connectivity index (χ0v) is 35.2. The summed E-state index contributed by atoms with van der Waals surface area (Å²) in [6.07, 6.45) is 0.595. The van der Waals surface area contributed by atoms with Crippen molar-refractivity contribution in [1.29, 1.82) is 0 Å². The maximum absolute atomic E-state index is 5.79. The molecule has 3 nitrogen and oxygen atoms in total. The third-order valence-electron chi connectivity index (χ3n) is 12.3. The van der Waals surface area contributed by atoms with Gasteiger partial charge in [-0.2, -0.15) is 0 Å². The zero-order chi connectivity index (χ0) is 38.6. The quantitative estimate of drug-likeness (QED) is 0.158. The Labute approximate surface area is 345 Å². The summed E-state index contributed by atoms with van der Waals surface area (Å²) in [5, 5.41) is 6.13. The van der Waals surface area contributed by atoms with Crippen LogP contribution in [0.3, 0.4) is 0 Å². The zero-order valence-electron chi connectivity index (χ0n) is 32.3. The van der Waals surface area contributed by atoms with Crippen molar-refractivity contribution < 1.29 is 0 Å². The predicted molar refractivity (Wildman–Crippen MR) is 250 cm³/mol. The molecule has 3 heterocycles. The van der Waals surface area contributed by atoms with E-state index in [0.717, 1.165) is 28.8 Å². The van der Waals surface area contributed by atoms with Gasteiger partial charge in [0.15, 0.2) is 0 Å². The predicted octanol–water partition coefficient (Wildman–Crippen LogP) is 10.8. The van der Waals surface area contributed by atoms with Crippen LogP contribution in [0, 0.1) is 0 Å². The number of thiophene rings is 1. The first-order valence-electron chi connectivity index (χ1n) is 20.1. The van der Waals surface area contributed by atoms with E-state index in [9.17, 15) is 0 Å². The van der Waals surface area contributed by atoms with Gasteiger partial charge in [0.05, 0.1) is 0 Å². The summed E-state index contributed by atoms with van der Waals surface area (Å²) in [5.41, 5.74) is 8.49. The average molecular weight is 825 g/mol. The molecule has 8 aromatic carbocycles. The number of benzene rings is 8. The third kappa shape index (κ3) is 5.70. The number of hydrogen-bond donors (Lipinski definition) is 0. The molecule has 0 aliphatic carbocycles. The van der Waals surface area contributed by atoms with Crippen LogP contribution >= 0.6 is 11.3 Å². The SMILES string of the molecule is CN1[CH2][Ge]([c]2ccccc2)([c]2ccccc2)[c]2ccccc2CC(c2ccc(-n3c4ccccc4c4ccc5c6ccccc6sc5c43)cc2)=NC1c1ccccc1. The molecule has 58 heavy (non-hydrogen) atoms. The molecule has 0 amide bonds. The van der Waals surface area contributed by atoms with Crippen LogP contribution in [0.4, 0.5) is 0 Å². The fraction of sp³-hybridized carbons (Fsp3) is 0.0755. The van der Waals surface area contributed by atoms with Gasteiger partial charge in [0.25, 0.3) is 0 Å². The van der Waals surface area contributed by atoms with Crippen LogP contribution in [0.1, 0.15) is 22.9 Å². The molecule has 1 atom stereocenters. The van der Waals surface area contributed by atoms with Crippen molar-refractivity contribution in [2.45, 2.75) is 12.6 Å². The Balaban J connectivity index is 1.11. The van der Waals surface area contributed by atoms with Crippen molar-refractivity contribution in [3.63, 3.8) is 0 Å². The summed E-state index contributed by atoms with van der Waals surface area (Å²) < 4.78 is 9.56. The molecule has 278 valence electrons. The number of hydrogen-bond acceptors (Lipinski definition) is 3. The van der Waals surface area contributed by atoms with E-state index in [0.29, 0.717) is 0 Å². The molecule has 1 unspecified atom stereocenters. The monoisotopic (exact) mass is 825 g/mol. The summed E-state index contributed by atoms with van der Waals surface area (Å²) in [5.74, 6) is 0. The molecule has 0 saturated heterocycles. The molecule has 0 fully saturated rings. The Morgan fingerprint density at radius 3 is 1.90 bits per heavy atom. The molecule has 1 aliphatic rings. The second-order valence-corrected chi connectivity index (χ2v) is 24.7. The topological polar surface area (TPSA) is 20.5 Å². The van der Waals surface area contributed by atoms with Crippen LogP contribution in [0.25, 0.3) is 47.7 Å². The van der Waals surface area contributed by atoms with Crippen molar-refractivity contribution in [3.8, 4) is 5.69 Å². The van der Waals surface area contributed by atoms with E-state index in [2.05, 4.69) is 217 Å². The number of fused-ring (bicyclic) bond motifs is 8. The number of aromatic nitrogens is 1. The van der Waals surface area contributed by atoms with Crippen molar-refractivity contribution in [2.24, 2.45) is 4.99 Å². The summed E-state index contributed by atoms with van der Waals surface area (Å²) >= 11 is -1.49. The van der Waals surface area contributed by atoms with E-state index in [1.54, 1.807) is 0 Å². The van der Waals surface area contributed by atoms with Gasteiger partial charge in [-0.1, -0.05) is 30.3 Å². The van der Waals surface area contributed by atoms with Gasteiger partial charge in [0.2, 0.25) is 0 Å². The van der Waals surface area contributed by atoms with Gasteiger partial charge in [-0.15, -0.1) is 0 Å². The minimum absolute atomic E-state index is 0.152. The number of rotatable bonds is 5. The first-order chi connectivity index (χ1) is 28.7. The first-order valence-corrected chi connectivity index (χ1v) is 25.6. The summed E-state index contributed by atoms with van der Waals surface area (Å²) in [6.45, 7) is 0. The van der Waals surface area contributed by atoms with Gasteiger partial charge in [-0.25, -0.2) is 0 Å². The minimum atomic E-state index is -3.38. The van der Waals surface area contributed by atoms with Gasteiger partial charge in [0, 0.05) is 10.1 Å². The number of nitrogens with zero attached hydrogens (tertiary/aromatic N) is 3. The van der Waals surface area contributed by atoms with E-state index in [1.807, 2.05) is 11.3 Å². The summed E-state index contributed by atoms with van der Waals surface area (Å²) in [7, 11) is 2.29. The second kappa shape index (κ2) is 14.4. The van der Waals surface area contributed by atoms with Crippen LogP contribution < -0.4 is 13.2 Å². The van der Waals surface area contributed by atoms with E-state index in [1.165, 1.54) is 66.3 Å². The van der Waals surface area contributed by atoms with Crippen molar-refractivity contribution in [1.82, 2.24) is 9.47 Å². The maximum atomic E-state index is 5.79. The van der Waals surface area contributed by atoms with Crippen LogP contribution in [0.5, 0.6) is 0 Å². The van der Waals surface area contributed by atoms with Gasteiger partial charge in [-0.05, 0) is 6.07 Å². The molecule has 5 heteroatoms. The third-order valence-corrected chi connectivity index (χ3v) is 24.0. The van der Waals surface area contributed by atoms with E-state index < -0.39 is 13.3 Å². The molecule has 0 radical (unpaired) electrons. The van der Waals surface area contributed by atoms with Crippen molar-refractivity contribution >= 4 is 85.5 Å². The van der Waals surface area contributed by atoms with Crippen LogP contribution in [0.2, 0.25) is 0 Å². The Hall–Kier alpha value is -6.05. The van der Waals surface area contributed by atoms with E-state index in [-0.39, 0.29) is 6.17 Å². The molecule has 2 aromatic heterocycles. The molecular weight excluding hydrogens is 783 g/mol. The molecule has 0 saturated carbocycles. The molecule has 0 N–H and O–H groups in total. The molecule has 11 rings (SSSR count). The average Bonchev–Trinajstić information content (AvgIpc) is 3.85. The summed E-state index contributed by atoms with van der Waals surface area (Å²) in [4.78, 5) is 8.34. The molecule has 1 aliphatic heterocycles. The van der Waals surface area contributed by atoms with Gasteiger partial charge in [-0.3, -0.25) is 0 Å². The Bertz CT molecular complexity index is 3090. The number of aliphatic imine (C=N–C) groups is 1. The standard InChI is InChI=1S/C53H41GeN3S/c1-56-36-54(40-20-7-3-8-21-40,41-22-9-4-10-23-41)47-26-14-11-19-39(47)35-48(55-53(56)38-17-5-2-6-18-38)37-29-31-42(32-30-37)57-49-27-15-12-24-43(49)45-33-34-46-44-25-13-16-28-50(44)58-52(46)51(45)57/h2-34,53H,35-36H2,1H3. The van der Waals surface area contributed by atoms with Gasteiger partial charge < -0.3 is 0 Å². The Morgan fingerprint density at radius 2 is 1.16 bits per heavy atom. The molecule has 0 bridgehead atoms. The summed E-state index contributed by atoms with van der Waals surface area (Å²) in [6, 6.07) is 74.4. The fourth-order valence-electron chi connectivity index (χ4n) is 9.65. The van der Waals surface area contributed by atoms with E-state index in [4.69, 9.17) is 4.99 Å².